The third-order valence-corrected chi connectivity index (χ3v) is 3.20. The molecule has 7 nitrogen and oxygen atoms in total. The molecule has 2 aromatic rings. The second-order valence-corrected chi connectivity index (χ2v) is 4.73. The Kier molecular flexibility index (Phi) is 3.58. The van der Waals surface area contributed by atoms with Crippen molar-refractivity contribution in [2.45, 2.75) is 19.4 Å². The van der Waals surface area contributed by atoms with Crippen molar-refractivity contribution in [3.8, 4) is 0 Å². The Balaban J connectivity index is 1.72. The molecule has 1 fully saturated rings. The minimum atomic E-state index is 0.246. The number of nitrogens with two attached hydrogens (primary N) is 1. The molecular weight excluding hydrogens is 254 g/mol. The molecule has 20 heavy (non-hydrogen) atoms. The molecule has 1 aliphatic rings. The lowest BCUT2D eigenvalue weighted by atomic mass is 10.3. The first-order valence-electron chi connectivity index (χ1n) is 6.70. The number of aromatic nitrogens is 4. The molecule has 1 aliphatic heterocycles. The minimum Gasteiger partial charge on any atom is -0.368 e. The average molecular weight is 271 g/mol. The third kappa shape index (κ3) is 2.93. The summed E-state index contributed by atoms with van der Waals surface area (Å²) in [6.45, 7) is 2.56. The molecule has 3 heterocycles. The Morgan fingerprint density at radius 2 is 2.05 bits per heavy atom. The van der Waals surface area contributed by atoms with Crippen molar-refractivity contribution in [3.63, 3.8) is 0 Å². The quantitative estimate of drug-likeness (QED) is 0.858. The van der Waals surface area contributed by atoms with Gasteiger partial charge in [-0.25, -0.2) is 0 Å². The molecule has 0 radical (unpaired) electrons. The molecule has 3 N–H and O–H groups in total. The lowest BCUT2D eigenvalue weighted by molar-refractivity contribution is 0.880. The van der Waals surface area contributed by atoms with E-state index >= 15 is 0 Å². The van der Waals surface area contributed by atoms with Gasteiger partial charge in [-0.05, 0) is 24.5 Å². The molecule has 0 atom stereocenters. The zero-order valence-corrected chi connectivity index (χ0v) is 11.2. The lowest BCUT2D eigenvalue weighted by Gasteiger charge is -2.16. The van der Waals surface area contributed by atoms with Crippen molar-refractivity contribution in [1.82, 2.24) is 19.9 Å². The van der Waals surface area contributed by atoms with Gasteiger partial charge in [0.25, 0.3) is 0 Å². The number of pyridine rings is 1. The van der Waals surface area contributed by atoms with E-state index in [2.05, 4.69) is 30.2 Å². The van der Waals surface area contributed by atoms with Gasteiger partial charge in [-0.3, -0.25) is 4.98 Å². The zero-order chi connectivity index (χ0) is 13.8. The Morgan fingerprint density at radius 3 is 2.80 bits per heavy atom. The van der Waals surface area contributed by atoms with E-state index < -0.39 is 0 Å². The topological polar surface area (TPSA) is 92.8 Å². The summed E-state index contributed by atoms with van der Waals surface area (Å²) in [5.41, 5.74) is 6.82. The van der Waals surface area contributed by atoms with E-state index in [1.165, 1.54) is 12.8 Å². The van der Waals surface area contributed by atoms with Gasteiger partial charge in [-0.1, -0.05) is 6.07 Å². The van der Waals surface area contributed by atoms with E-state index in [0.717, 1.165) is 18.7 Å². The molecule has 104 valence electrons. The van der Waals surface area contributed by atoms with Crippen molar-refractivity contribution in [3.05, 3.63) is 30.1 Å². The van der Waals surface area contributed by atoms with Crippen LogP contribution in [0.4, 0.5) is 17.8 Å². The van der Waals surface area contributed by atoms with Gasteiger partial charge in [-0.2, -0.15) is 15.0 Å². The average Bonchev–Trinajstić information content (AvgIpc) is 3.00. The van der Waals surface area contributed by atoms with Gasteiger partial charge in [0.05, 0.1) is 0 Å². The van der Waals surface area contributed by atoms with Gasteiger partial charge in [-0.15, -0.1) is 0 Å². The molecule has 3 rings (SSSR count). The zero-order valence-electron chi connectivity index (χ0n) is 11.2. The summed E-state index contributed by atoms with van der Waals surface area (Å²) in [5.74, 6) is 1.41. The fourth-order valence-corrected chi connectivity index (χ4v) is 2.20. The summed E-state index contributed by atoms with van der Waals surface area (Å²) in [4.78, 5) is 18.9. The Hall–Kier alpha value is -2.44. The van der Waals surface area contributed by atoms with Gasteiger partial charge in [0.1, 0.15) is 0 Å². The molecule has 0 saturated carbocycles. The maximum atomic E-state index is 5.75. The number of hydrogen-bond donors (Lipinski definition) is 2. The molecule has 0 spiro atoms. The van der Waals surface area contributed by atoms with Gasteiger partial charge in [0.2, 0.25) is 17.8 Å². The van der Waals surface area contributed by atoms with Gasteiger partial charge >= 0.3 is 0 Å². The van der Waals surface area contributed by atoms with E-state index in [1.54, 1.807) is 12.4 Å². The highest BCUT2D eigenvalue weighted by Crippen LogP contribution is 2.17. The van der Waals surface area contributed by atoms with Crippen LogP contribution in [-0.2, 0) is 6.54 Å². The molecule has 1 saturated heterocycles. The predicted octanol–water partition coefficient (Wildman–Crippen LogP) is 1.06. The summed E-state index contributed by atoms with van der Waals surface area (Å²) in [6.07, 6.45) is 5.89. The van der Waals surface area contributed by atoms with Crippen molar-refractivity contribution < 1.29 is 0 Å². The van der Waals surface area contributed by atoms with Crippen LogP contribution < -0.4 is 16.0 Å². The van der Waals surface area contributed by atoms with Crippen LogP contribution in [-0.4, -0.2) is 33.0 Å². The van der Waals surface area contributed by atoms with E-state index in [0.29, 0.717) is 18.4 Å². The maximum absolute atomic E-state index is 5.75. The van der Waals surface area contributed by atoms with Crippen molar-refractivity contribution >= 4 is 17.8 Å². The minimum absolute atomic E-state index is 0.246. The first-order valence-corrected chi connectivity index (χ1v) is 6.70. The van der Waals surface area contributed by atoms with Gasteiger partial charge in [0, 0.05) is 32.0 Å². The first kappa shape index (κ1) is 12.6. The molecule has 0 bridgehead atoms. The molecule has 7 heteroatoms. The van der Waals surface area contributed by atoms with Crippen LogP contribution in [0.5, 0.6) is 0 Å². The van der Waals surface area contributed by atoms with Gasteiger partial charge < -0.3 is 16.0 Å². The molecular formula is C13H17N7. The number of rotatable bonds is 4. The normalized spacial score (nSPS) is 14.5. The number of nitrogens with one attached hydrogen (secondary N) is 1. The Labute approximate surface area is 117 Å². The fraction of sp³-hybridized carbons (Fsp3) is 0.385. The fourth-order valence-electron chi connectivity index (χ4n) is 2.20. The van der Waals surface area contributed by atoms with Crippen LogP contribution in [0.15, 0.2) is 24.5 Å². The summed E-state index contributed by atoms with van der Waals surface area (Å²) in [5, 5.41) is 3.16. The number of hydrogen-bond acceptors (Lipinski definition) is 7. The van der Waals surface area contributed by atoms with Crippen molar-refractivity contribution in [2.75, 3.05) is 29.0 Å². The summed E-state index contributed by atoms with van der Waals surface area (Å²) >= 11 is 0. The van der Waals surface area contributed by atoms with Crippen LogP contribution in [0.3, 0.4) is 0 Å². The third-order valence-electron chi connectivity index (χ3n) is 3.20. The smallest absolute Gasteiger partial charge is 0.231 e. The van der Waals surface area contributed by atoms with E-state index in [9.17, 15) is 0 Å². The van der Waals surface area contributed by atoms with Crippen LogP contribution in [0.1, 0.15) is 18.4 Å². The molecule has 0 amide bonds. The van der Waals surface area contributed by atoms with Crippen LogP contribution in [0, 0.1) is 0 Å². The maximum Gasteiger partial charge on any atom is 0.231 e. The first-order chi connectivity index (χ1) is 9.81. The highest BCUT2D eigenvalue weighted by molar-refractivity contribution is 5.42. The lowest BCUT2D eigenvalue weighted by Crippen LogP contribution is -2.22. The molecule has 0 unspecified atom stereocenters. The summed E-state index contributed by atoms with van der Waals surface area (Å²) in [7, 11) is 0. The highest BCUT2D eigenvalue weighted by Gasteiger charge is 2.16. The summed E-state index contributed by atoms with van der Waals surface area (Å²) < 4.78 is 0. The van der Waals surface area contributed by atoms with Crippen LogP contribution in [0.2, 0.25) is 0 Å². The summed E-state index contributed by atoms with van der Waals surface area (Å²) in [6, 6.07) is 3.89. The Bertz CT molecular complexity index is 566. The van der Waals surface area contributed by atoms with E-state index in [1.807, 2.05) is 12.1 Å². The van der Waals surface area contributed by atoms with Crippen LogP contribution in [0.25, 0.3) is 0 Å². The second-order valence-electron chi connectivity index (χ2n) is 4.73. The number of nitrogen functional groups attached to an aromatic ring is 1. The predicted molar refractivity (Wildman–Crippen MR) is 77.3 cm³/mol. The SMILES string of the molecule is Nc1nc(NCc2cccnc2)nc(N2CCCC2)n1. The van der Waals surface area contributed by atoms with Gasteiger partial charge in [0.15, 0.2) is 0 Å². The molecule has 0 aliphatic carbocycles. The number of anilines is 3. The largest absolute Gasteiger partial charge is 0.368 e. The monoisotopic (exact) mass is 271 g/mol. The van der Waals surface area contributed by atoms with Crippen LogP contribution >= 0.6 is 0 Å². The molecule has 0 aromatic carbocycles. The number of nitrogens with zero attached hydrogens (tertiary/aromatic N) is 5. The van der Waals surface area contributed by atoms with E-state index in [4.69, 9.17) is 5.73 Å². The van der Waals surface area contributed by atoms with Crippen molar-refractivity contribution in [2.24, 2.45) is 0 Å². The van der Waals surface area contributed by atoms with Crippen molar-refractivity contribution in [1.29, 1.82) is 0 Å². The molecule has 2 aromatic heterocycles. The van der Waals surface area contributed by atoms with E-state index in [-0.39, 0.29) is 5.95 Å². The second kappa shape index (κ2) is 5.68. The highest BCUT2D eigenvalue weighted by atomic mass is 15.3. The standard InChI is InChI=1S/C13H17N7/c14-11-17-12(16-9-10-4-3-5-15-8-10)19-13(18-11)20-6-1-2-7-20/h3-5,8H,1-2,6-7,9H2,(H3,14,16,17,18,19). The Morgan fingerprint density at radius 1 is 1.20 bits per heavy atom.